The second-order valence-electron chi connectivity index (χ2n) is 7.05. The number of halogens is 1. The van der Waals surface area contributed by atoms with Gasteiger partial charge in [-0.3, -0.25) is 4.79 Å². The molecule has 0 saturated carbocycles. The molecule has 0 radical (unpaired) electrons. The highest BCUT2D eigenvalue weighted by atomic mass is 35.5. The number of amides is 1. The smallest absolute Gasteiger partial charge is 0.349 e. The Labute approximate surface area is 166 Å². The fourth-order valence-electron chi connectivity index (χ4n) is 3.52. The molecule has 5 nitrogen and oxygen atoms in total. The highest BCUT2D eigenvalue weighted by molar-refractivity contribution is 5.95. The summed E-state index contributed by atoms with van der Waals surface area (Å²) in [5.41, 5.74) is 7.50. The fourth-order valence-corrected chi connectivity index (χ4v) is 3.52. The van der Waals surface area contributed by atoms with Crippen molar-refractivity contribution in [2.45, 2.75) is 45.1 Å². The molecule has 1 amide bonds. The maximum atomic E-state index is 12.7. The number of aryl methyl sites for hydroxylation is 3. The fraction of sp³-hybridized carbons (Fsp3) is 0.429. The van der Waals surface area contributed by atoms with Gasteiger partial charge in [-0.1, -0.05) is 30.3 Å². The van der Waals surface area contributed by atoms with Gasteiger partial charge in [-0.2, -0.15) is 0 Å². The third kappa shape index (κ3) is 5.44. The van der Waals surface area contributed by atoms with Crippen LogP contribution < -0.4 is 11.4 Å². The van der Waals surface area contributed by atoms with Crippen molar-refractivity contribution in [1.82, 2.24) is 4.90 Å². The van der Waals surface area contributed by atoms with Crippen molar-refractivity contribution in [3.05, 3.63) is 69.3 Å². The lowest BCUT2D eigenvalue weighted by molar-refractivity contribution is 0.0703. The molecule has 1 unspecified atom stereocenters. The topological polar surface area (TPSA) is 76.5 Å². The van der Waals surface area contributed by atoms with Crippen LogP contribution in [0.5, 0.6) is 0 Å². The van der Waals surface area contributed by atoms with E-state index in [1.54, 1.807) is 11.8 Å². The second-order valence-corrected chi connectivity index (χ2v) is 7.05. The molecule has 1 saturated heterocycles. The highest BCUT2D eigenvalue weighted by Gasteiger charge is 2.26. The van der Waals surface area contributed by atoms with Crippen LogP contribution in [0.3, 0.4) is 0 Å². The van der Waals surface area contributed by atoms with E-state index in [0.29, 0.717) is 30.8 Å². The lowest BCUT2D eigenvalue weighted by Gasteiger charge is -2.30. The van der Waals surface area contributed by atoms with Gasteiger partial charge in [0, 0.05) is 25.6 Å². The molecular formula is C21H27ClN2O3. The Morgan fingerprint density at radius 3 is 2.67 bits per heavy atom. The summed E-state index contributed by atoms with van der Waals surface area (Å²) in [6.45, 7) is 2.94. The van der Waals surface area contributed by atoms with Gasteiger partial charge in [-0.15, -0.1) is 12.4 Å². The molecule has 1 fully saturated rings. The molecule has 1 aliphatic heterocycles. The first-order valence-corrected chi connectivity index (χ1v) is 9.27. The molecule has 0 spiro atoms. The van der Waals surface area contributed by atoms with Gasteiger partial charge in [0.15, 0.2) is 0 Å². The average Bonchev–Trinajstić information content (AvgIpc) is 2.62. The Morgan fingerprint density at radius 1 is 1.26 bits per heavy atom. The van der Waals surface area contributed by atoms with E-state index in [1.807, 2.05) is 24.3 Å². The number of rotatable bonds is 5. The van der Waals surface area contributed by atoms with Crippen LogP contribution in [0.4, 0.5) is 0 Å². The molecule has 3 rings (SSSR count). The molecule has 1 aliphatic rings. The molecule has 1 aromatic carbocycles. The van der Waals surface area contributed by atoms with Crippen molar-refractivity contribution < 1.29 is 9.21 Å². The van der Waals surface area contributed by atoms with Crippen molar-refractivity contribution in [3.8, 4) is 0 Å². The van der Waals surface area contributed by atoms with E-state index in [4.69, 9.17) is 10.2 Å². The van der Waals surface area contributed by atoms with Crippen molar-refractivity contribution in [1.29, 1.82) is 0 Å². The Balaban J connectivity index is 0.00000261. The summed E-state index contributed by atoms with van der Waals surface area (Å²) in [6, 6.07) is 12.0. The molecule has 2 heterocycles. The lowest BCUT2D eigenvalue weighted by atomic mass is 10.0. The van der Waals surface area contributed by atoms with Crippen LogP contribution in [0.25, 0.3) is 0 Å². The average molecular weight is 391 g/mol. The van der Waals surface area contributed by atoms with Crippen molar-refractivity contribution in [3.63, 3.8) is 0 Å². The highest BCUT2D eigenvalue weighted by Crippen LogP contribution is 2.15. The minimum Gasteiger partial charge on any atom is -0.427 e. The molecule has 146 valence electrons. The number of carbonyl (C=O) groups is 1. The zero-order valence-electron chi connectivity index (χ0n) is 15.6. The molecule has 1 aromatic heterocycles. The molecule has 0 aliphatic carbocycles. The van der Waals surface area contributed by atoms with Crippen LogP contribution in [-0.4, -0.2) is 29.9 Å². The van der Waals surface area contributed by atoms with Crippen LogP contribution in [0.1, 0.15) is 46.5 Å². The normalized spacial score (nSPS) is 16.7. The molecule has 2 aromatic rings. The minimum atomic E-state index is -0.538. The van der Waals surface area contributed by atoms with E-state index >= 15 is 0 Å². The minimum absolute atomic E-state index is 0. The van der Waals surface area contributed by atoms with Gasteiger partial charge >= 0.3 is 5.63 Å². The largest absolute Gasteiger partial charge is 0.427 e. The number of carbonyl (C=O) groups excluding carboxylic acids is 1. The van der Waals surface area contributed by atoms with E-state index in [2.05, 4.69) is 12.1 Å². The number of likely N-dealkylation sites (tertiary alicyclic amines) is 1. The van der Waals surface area contributed by atoms with E-state index in [0.717, 1.165) is 25.7 Å². The summed E-state index contributed by atoms with van der Waals surface area (Å²) in [6.07, 6.45) is 4.28. The van der Waals surface area contributed by atoms with Crippen molar-refractivity contribution in [2.24, 2.45) is 5.73 Å². The number of hydrogen-bond acceptors (Lipinski definition) is 4. The zero-order chi connectivity index (χ0) is 18.5. The Kier molecular flexibility index (Phi) is 7.63. The first-order valence-electron chi connectivity index (χ1n) is 9.27. The van der Waals surface area contributed by atoms with Crippen molar-refractivity contribution >= 4 is 18.3 Å². The van der Waals surface area contributed by atoms with Gasteiger partial charge in [0.2, 0.25) is 0 Å². The van der Waals surface area contributed by atoms with Gasteiger partial charge < -0.3 is 15.1 Å². The van der Waals surface area contributed by atoms with Crippen LogP contribution >= 0.6 is 12.4 Å². The Morgan fingerprint density at radius 2 is 2.00 bits per heavy atom. The van der Waals surface area contributed by atoms with E-state index < -0.39 is 5.63 Å². The summed E-state index contributed by atoms with van der Waals surface area (Å²) in [5, 5.41) is 0. The predicted octanol–water partition coefficient (Wildman–Crippen LogP) is 3.11. The Hall–Kier alpha value is -2.11. The summed E-state index contributed by atoms with van der Waals surface area (Å²) in [7, 11) is 0. The van der Waals surface area contributed by atoms with E-state index in [-0.39, 0.29) is 29.9 Å². The van der Waals surface area contributed by atoms with Crippen LogP contribution in [0.15, 0.2) is 45.6 Å². The van der Waals surface area contributed by atoms with E-state index in [1.165, 1.54) is 5.56 Å². The number of benzene rings is 1. The monoisotopic (exact) mass is 390 g/mol. The molecular weight excluding hydrogens is 364 g/mol. The first kappa shape index (κ1) is 21.2. The zero-order valence-corrected chi connectivity index (χ0v) is 16.5. The van der Waals surface area contributed by atoms with Gasteiger partial charge in [0.1, 0.15) is 11.3 Å². The third-order valence-corrected chi connectivity index (χ3v) is 4.89. The molecule has 0 bridgehead atoms. The van der Waals surface area contributed by atoms with Crippen molar-refractivity contribution in [2.75, 3.05) is 13.1 Å². The SMILES string of the molecule is Cc1cc(CCCc2ccccc2)oc(=O)c1C(=O)N1CCCC(N)C1.Cl. The maximum absolute atomic E-state index is 12.7. The van der Waals surface area contributed by atoms with Crippen LogP contribution in [-0.2, 0) is 12.8 Å². The number of hydrogen-bond donors (Lipinski definition) is 1. The van der Waals surface area contributed by atoms with Gasteiger partial charge in [-0.25, -0.2) is 4.79 Å². The quantitative estimate of drug-likeness (QED) is 0.850. The number of nitrogens with zero attached hydrogens (tertiary/aromatic N) is 1. The summed E-state index contributed by atoms with van der Waals surface area (Å²) in [4.78, 5) is 26.8. The molecule has 6 heteroatoms. The molecule has 1 atom stereocenters. The lowest BCUT2D eigenvalue weighted by Crippen LogP contribution is -2.46. The summed E-state index contributed by atoms with van der Waals surface area (Å²) < 4.78 is 5.43. The van der Waals surface area contributed by atoms with Gasteiger partial charge in [-0.05, 0) is 49.8 Å². The summed E-state index contributed by atoms with van der Waals surface area (Å²) >= 11 is 0. The van der Waals surface area contributed by atoms with Gasteiger partial charge in [0.05, 0.1) is 0 Å². The maximum Gasteiger partial charge on any atom is 0.349 e. The van der Waals surface area contributed by atoms with Crippen LogP contribution in [0.2, 0.25) is 0 Å². The Bertz CT molecular complexity index is 820. The summed E-state index contributed by atoms with van der Waals surface area (Å²) in [5.74, 6) is 0.373. The number of nitrogens with two attached hydrogens (primary N) is 1. The number of piperidine rings is 1. The molecule has 27 heavy (non-hydrogen) atoms. The second kappa shape index (κ2) is 9.72. The van der Waals surface area contributed by atoms with Gasteiger partial charge in [0.25, 0.3) is 5.91 Å². The van der Waals surface area contributed by atoms with E-state index in [9.17, 15) is 9.59 Å². The van der Waals surface area contributed by atoms with Crippen LogP contribution in [0, 0.1) is 6.92 Å². The first-order chi connectivity index (χ1) is 12.5. The standard InChI is InChI=1S/C21H26N2O3.ClH/c1-15-13-18(11-5-9-16-7-3-2-4-8-16)26-21(25)19(15)20(24)23-12-6-10-17(22)14-23;/h2-4,7-8,13,17H,5-6,9-12,14,22H2,1H3;1H. The molecule has 2 N–H and O–H groups in total. The third-order valence-electron chi connectivity index (χ3n) is 4.89. The predicted molar refractivity (Wildman–Crippen MR) is 109 cm³/mol.